The third-order valence-corrected chi connectivity index (χ3v) is 7.25. The number of nitrogens with zero attached hydrogens (tertiary/aromatic N) is 5. The molecule has 38 heavy (non-hydrogen) atoms. The van der Waals surface area contributed by atoms with Gasteiger partial charge in [-0.2, -0.15) is 0 Å². The van der Waals surface area contributed by atoms with Gasteiger partial charge in [0.15, 0.2) is 0 Å². The summed E-state index contributed by atoms with van der Waals surface area (Å²) in [6.07, 6.45) is 2.41. The Morgan fingerprint density at radius 3 is 2.47 bits per heavy atom. The first-order valence-electron chi connectivity index (χ1n) is 12.8. The fourth-order valence-electron chi connectivity index (χ4n) is 5.10. The molecule has 1 aromatic carbocycles. The molecule has 11 heteroatoms. The Hall–Kier alpha value is -3.57. The molecule has 2 saturated heterocycles. The minimum absolute atomic E-state index is 0.175. The molecular weight excluding hydrogens is 494 g/mol. The molecule has 0 aliphatic carbocycles. The number of halogens is 2. The van der Waals surface area contributed by atoms with Crippen molar-refractivity contribution in [2.24, 2.45) is 0 Å². The fourth-order valence-corrected chi connectivity index (χ4v) is 5.10. The molecule has 0 saturated carbocycles. The van der Waals surface area contributed by atoms with Crippen molar-refractivity contribution in [3.63, 3.8) is 0 Å². The monoisotopic (exact) mass is 526 g/mol. The molecule has 0 radical (unpaired) electrons. The van der Waals surface area contributed by atoms with Crippen LogP contribution in [0.15, 0.2) is 41.3 Å². The summed E-state index contributed by atoms with van der Waals surface area (Å²) in [7, 11) is 3.99. The van der Waals surface area contributed by atoms with E-state index in [-0.39, 0.29) is 23.2 Å². The number of fused-ring (bicyclic) bond motifs is 1. The van der Waals surface area contributed by atoms with Gasteiger partial charge in [-0.05, 0) is 45.6 Å². The number of benzene rings is 1. The first kappa shape index (κ1) is 26.1. The summed E-state index contributed by atoms with van der Waals surface area (Å²) in [5, 5.41) is 3.11. The number of likely N-dealkylation sites (tertiary alicyclic amines) is 1. The molecule has 4 heterocycles. The van der Waals surface area contributed by atoms with Crippen LogP contribution in [0.4, 0.5) is 20.3 Å². The lowest BCUT2D eigenvalue weighted by molar-refractivity contribution is 0.0782. The SMILES string of the molecule is C[C@@H](Nc1cc(F)cc(F)c1)c1cc(C(=O)N2CC[C@H](N(C)C)C2)cn2c(=O)cc(N3CCOCC3)nc12. The van der Waals surface area contributed by atoms with Crippen LogP contribution >= 0.6 is 0 Å². The molecule has 0 unspecified atom stereocenters. The van der Waals surface area contributed by atoms with E-state index in [0.29, 0.717) is 62.0 Å². The Morgan fingerprint density at radius 1 is 1.11 bits per heavy atom. The fraction of sp³-hybridized carbons (Fsp3) is 0.444. The van der Waals surface area contributed by atoms with E-state index in [4.69, 9.17) is 9.72 Å². The molecule has 1 amide bonds. The van der Waals surface area contributed by atoms with Crippen molar-refractivity contribution in [3.8, 4) is 0 Å². The smallest absolute Gasteiger partial charge is 0.259 e. The lowest BCUT2D eigenvalue weighted by Gasteiger charge is -2.28. The molecule has 3 aromatic rings. The lowest BCUT2D eigenvalue weighted by atomic mass is 10.1. The third-order valence-electron chi connectivity index (χ3n) is 7.25. The molecule has 5 rings (SSSR count). The van der Waals surface area contributed by atoms with Crippen molar-refractivity contribution in [3.05, 3.63) is 69.6 Å². The van der Waals surface area contributed by atoms with E-state index in [0.717, 1.165) is 12.5 Å². The van der Waals surface area contributed by atoms with Crippen LogP contribution in [0.2, 0.25) is 0 Å². The van der Waals surface area contributed by atoms with Crippen LogP contribution in [0.3, 0.4) is 0 Å². The number of amides is 1. The molecule has 202 valence electrons. The number of rotatable bonds is 6. The van der Waals surface area contributed by atoms with Gasteiger partial charge >= 0.3 is 0 Å². The van der Waals surface area contributed by atoms with Crippen molar-refractivity contribution in [2.75, 3.05) is 63.7 Å². The second kappa shape index (κ2) is 10.7. The summed E-state index contributed by atoms with van der Waals surface area (Å²) < 4.78 is 34.6. The third kappa shape index (κ3) is 5.34. The summed E-state index contributed by atoms with van der Waals surface area (Å²) in [4.78, 5) is 37.5. The molecular formula is C27H32F2N6O3. The topological polar surface area (TPSA) is 82.4 Å². The Morgan fingerprint density at radius 2 is 1.82 bits per heavy atom. The summed E-state index contributed by atoms with van der Waals surface area (Å²) in [6.45, 7) is 5.30. The summed E-state index contributed by atoms with van der Waals surface area (Å²) in [5.74, 6) is -1.06. The van der Waals surface area contributed by atoms with E-state index in [1.165, 1.54) is 28.8 Å². The summed E-state index contributed by atoms with van der Waals surface area (Å²) >= 11 is 0. The minimum Gasteiger partial charge on any atom is -0.378 e. The predicted octanol–water partition coefficient (Wildman–Crippen LogP) is 2.76. The van der Waals surface area contributed by atoms with E-state index in [1.54, 1.807) is 17.9 Å². The molecule has 2 fully saturated rings. The van der Waals surface area contributed by atoms with Crippen molar-refractivity contribution in [1.29, 1.82) is 0 Å². The van der Waals surface area contributed by atoms with Gasteiger partial charge in [-0.3, -0.25) is 14.0 Å². The average Bonchev–Trinajstić information content (AvgIpc) is 3.38. The molecule has 0 spiro atoms. The van der Waals surface area contributed by atoms with Crippen molar-refractivity contribution in [1.82, 2.24) is 19.2 Å². The van der Waals surface area contributed by atoms with E-state index < -0.39 is 17.7 Å². The van der Waals surface area contributed by atoms with Crippen LogP contribution < -0.4 is 15.8 Å². The van der Waals surface area contributed by atoms with Gasteiger partial charge < -0.3 is 24.8 Å². The van der Waals surface area contributed by atoms with E-state index in [2.05, 4.69) is 10.2 Å². The maximum absolute atomic E-state index is 13.9. The molecule has 2 atom stereocenters. The quantitative estimate of drug-likeness (QED) is 0.529. The lowest BCUT2D eigenvalue weighted by Crippen LogP contribution is -2.38. The van der Waals surface area contributed by atoms with Crippen LogP contribution in [0, 0.1) is 11.6 Å². The van der Waals surface area contributed by atoms with Crippen LogP contribution in [0.5, 0.6) is 0 Å². The van der Waals surface area contributed by atoms with Crippen molar-refractivity contribution < 1.29 is 18.3 Å². The second-order valence-electron chi connectivity index (χ2n) is 10.1. The van der Waals surface area contributed by atoms with Gasteiger partial charge in [-0.25, -0.2) is 13.8 Å². The number of likely N-dealkylation sites (N-methyl/N-ethyl adjacent to an activating group) is 1. The van der Waals surface area contributed by atoms with Gasteiger partial charge in [0.25, 0.3) is 11.5 Å². The van der Waals surface area contributed by atoms with Gasteiger partial charge in [0.05, 0.1) is 24.8 Å². The number of hydrogen-bond donors (Lipinski definition) is 1. The first-order chi connectivity index (χ1) is 18.2. The number of morpholine rings is 1. The zero-order valence-electron chi connectivity index (χ0n) is 21.8. The van der Waals surface area contributed by atoms with E-state index >= 15 is 0 Å². The van der Waals surface area contributed by atoms with E-state index in [1.807, 2.05) is 19.0 Å². The highest BCUT2D eigenvalue weighted by atomic mass is 19.1. The highest BCUT2D eigenvalue weighted by Crippen LogP contribution is 2.27. The highest BCUT2D eigenvalue weighted by Gasteiger charge is 2.29. The standard InChI is InChI=1S/C27H32F2N6O3/c1-17(30-21-12-19(28)11-20(29)13-21)23-10-18(27(37)34-5-4-22(16-34)32(2)3)15-35-25(36)14-24(31-26(23)35)33-6-8-38-9-7-33/h10-15,17,22,30H,4-9,16H2,1-3H3/t17-,22+/m1/s1. The van der Waals surface area contributed by atoms with Crippen LogP contribution in [-0.4, -0.2) is 84.6 Å². The van der Waals surface area contributed by atoms with Gasteiger partial charge in [-0.1, -0.05) is 0 Å². The number of carbonyl (C=O) groups excluding carboxylic acids is 1. The first-order valence-corrected chi connectivity index (χ1v) is 12.8. The molecule has 1 N–H and O–H groups in total. The zero-order chi connectivity index (χ0) is 27.0. The number of hydrogen-bond acceptors (Lipinski definition) is 7. The Balaban J connectivity index is 1.58. The van der Waals surface area contributed by atoms with Gasteiger partial charge in [0, 0.05) is 61.8 Å². The van der Waals surface area contributed by atoms with Crippen LogP contribution in [-0.2, 0) is 4.74 Å². The number of aromatic nitrogens is 2. The average molecular weight is 527 g/mol. The molecule has 9 nitrogen and oxygen atoms in total. The molecule has 2 aromatic heterocycles. The zero-order valence-corrected chi connectivity index (χ0v) is 21.8. The normalized spacial score (nSPS) is 18.8. The second-order valence-corrected chi connectivity index (χ2v) is 10.1. The highest BCUT2D eigenvalue weighted by molar-refractivity contribution is 5.95. The summed E-state index contributed by atoms with van der Waals surface area (Å²) in [6, 6.07) is 6.12. The van der Waals surface area contributed by atoms with Gasteiger partial charge in [0.1, 0.15) is 23.1 Å². The summed E-state index contributed by atoms with van der Waals surface area (Å²) in [5.41, 5.74) is 1.22. The predicted molar refractivity (Wildman–Crippen MR) is 141 cm³/mol. The number of nitrogens with one attached hydrogen (secondary N) is 1. The Kier molecular flexibility index (Phi) is 7.31. The van der Waals surface area contributed by atoms with Crippen LogP contribution in [0.25, 0.3) is 5.65 Å². The maximum atomic E-state index is 13.9. The molecule has 2 aliphatic rings. The van der Waals surface area contributed by atoms with E-state index in [9.17, 15) is 18.4 Å². The van der Waals surface area contributed by atoms with Crippen LogP contribution in [0.1, 0.15) is 35.3 Å². The van der Waals surface area contributed by atoms with Crippen molar-refractivity contribution >= 4 is 23.1 Å². The number of anilines is 2. The van der Waals surface area contributed by atoms with Gasteiger partial charge in [0.2, 0.25) is 0 Å². The molecule has 0 bridgehead atoms. The van der Waals surface area contributed by atoms with Crippen molar-refractivity contribution in [2.45, 2.75) is 25.4 Å². The Bertz CT molecular complexity index is 1390. The minimum atomic E-state index is -0.707. The number of pyridine rings is 1. The molecule has 2 aliphatic heterocycles. The van der Waals surface area contributed by atoms with Gasteiger partial charge in [-0.15, -0.1) is 0 Å². The largest absolute Gasteiger partial charge is 0.378 e. The maximum Gasteiger partial charge on any atom is 0.259 e. The Labute approximate surface area is 219 Å². The number of ether oxygens (including phenoxy) is 1. The number of carbonyl (C=O) groups is 1.